The highest BCUT2D eigenvalue weighted by molar-refractivity contribution is 6.21. The maximum atomic E-state index is 7.97. The van der Waals surface area contributed by atoms with Crippen molar-refractivity contribution in [1.82, 2.24) is 0 Å². The van der Waals surface area contributed by atoms with Crippen LogP contribution in [-0.4, -0.2) is 0 Å². The molecule has 6 nitrogen and oxygen atoms in total. The summed E-state index contributed by atoms with van der Waals surface area (Å²) >= 11 is 0. The fraction of sp³-hybridized carbons (Fsp3) is 0.130. The van der Waals surface area contributed by atoms with Gasteiger partial charge in [0, 0.05) is 77.0 Å². The first-order valence-corrected chi connectivity index (χ1v) is 39.9. The van der Waals surface area contributed by atoms with Crippen LogP contribution in [0.3, 0.4) is 0 Å². The molecule has 0 N–H and O–H groups in total. The van der Waals surface area contributed by atoms with E-state index in [4.69, 9.17) is 17.7 Å². The van der Waals surface area contributed by atoms with Gasteiger partial charge in [0.15, 0.2) is 0 Å². The lowest BCUT2D eigenvalue weighted by atomic mass is 9.82. The Morgan fingerprint density at radius 1 is 0.246 bits per heavy atom. The van der Waals surface area contributed by atoms with E-state index in [1.165, 1.54) is 66.4 Å². The summed E-state index contributed by atoms with van der Waals surface area (Å²) in [4.78, 5) is 4.72. The van der Waals surface area contributed by atoms with Crippen molar-refractivity contribution in [2.24, 2.45) is 0 Å². The van der Waals surface area contributed by atoms with Gasteiger partial charge in [-0.15, -0.1) is 0 Å². The minimum Gasteiger partial charge on any atom is -0.456 e. The van der Waals surface area contributed by atoms with Crippen molar-refractivity contribution in [3.8, 4) is 67.2 Å². The fourth-order valence-electron chi connectivity index (χ4n) is 18.8. The van der Waals surface area contributed by atoms with E-state index in [1.807, 2.05) is 24.3 Å². The third-order valence-electron chi connectivity index (χ3n) is 25.1. The number of benzene rings is 16. The Balaban J connectivity index is 0.774. The molecule has 0 amide bonds. The summed E-state index contributed by atoms with van der Waals surface area (Å²) in [6.07, 6.45) is 0. The third-order valence-corrected chi connectivity index (χ3v) is 25.1. The fourth-order valence-corrected chi connectivity index (χ4v) is 18.8. The Labute approximate surface area is 662 Å². The monoisotopic (exact) mass is 1470 g/mol. The molecule has 2 aliphatic carbocycles. The molecule has 22 rings (SSSR count). The number of hydrogen-bond acceptors (Lipinski definition) is 6. The van der Waals surface area contributed by atoms with Crippen LogP contribution >= 0.6 is 0 Å². The molecule has 4 heterocycles. The Kier molecular flexibility index (Phi) is 14.5. The maximum absolute atomic E-state index is 7.97. The lowest BCUT2D eigenvalue weighted by molar-refractivity contribution is 0.590. The second-order valence-electron chi connectivity index (χ2n) is 34.9. The van der Waals surface area contributed by atoms with Crippen LogP contribution in [0.2, 0.25) is 0 Å². The Morgan fingerprint density at radius 3 is 0.974 bits per heavy atom. The third kappa shape index (κ3) is 10.5. The molecule has 0 spiro atoms. The molecule has 20 aromatic rings. The Morgan fingerprint density at radius 2 is 0.579 bits per heavy atom. The van der Waals surface area contributed by atoms with Crippen LogP contribution in [0.5, 0.6) is 0 Å². The number of fused-ring (bicyclic) bond motifs is 17. The maximum Gasteiger partial charge on any atom is 0.213 e. The predicted octanol–water partition coefficient (Wildman–Crippen LogP) is 31.3. The molecule has 548 valence electrons. The zero-order chi connectivity index (χ0) is 77.0. The number of hydrogen-bond donors (Lipinski definition) is 0. The Hall–Kier alpha value is -13.4. The van der Waals surface area contributed by atoms with Gasteiger partial charge in [-0.1, -0.05) is 251 Å². The van der Waals surface area contributed by atoms with E-state index in [2.05, 4.69) is 370 Å². The minimum atomic E-state index is -0.195. The van der Waals surface area contributed by atoms with Crippen LogP contribution < -0.4 is 9.80 Å². The molecule has 0 radical (unpaired) electrons. The summed E-state index contributed by atoms with van der Waals surface area (Å²) in [5.41, 5.74) is 25.7. The SMILES string of the molecule is CC(C)(C)c1ccc(-c2c(N(c3ccc4cc(-c5cc6ccccc6o5)ccc4c3)c3ccc4cc5c(cc4c3)C(C)(C)c3ccccc3-5)oc3c2ccc2c3ccc3c(-c4ccc(C(C)(C)C)cc4)c(N(c4ccc5cc(-c6cc7ccccc7o6)ccc5c4)c4ccc5cc6c(cc5c4)C(C)(C)c4ccccc4-6)oc32)cc1. The number of nitrogens with zero attached hydrogens (tertiary/aromatic N) is 2. The van der Waals surface area contributed by atoms with Crippen molar-refractivity contribution in [3.05, 3.63) is 349 Å². The zero-order valence-electron chi connectivity index (χ0n) is 65.5. The molecule has 0 saturated heterocycles. The lowest BCUT2D eigenvalue weighted by Crippen LogP contribution is -2.14. The molecule has 0 bridgehead atoms. The molecular weight excluding hydrogens is 1390 g/mol. The summed E-state index contributed by atoms with van der Waals surface area (Å²) in [5, 5.41) is 15.0. The molecule has 6 heteroatoms. The van der Waals surface area contributed by atoms with E-state index in [1.54, 1.807) is 0 Å². The highest BCUT2D eigenvalue weighted by atomic mass is 16.4. The van der Waals surface area contributed by atoms with Crippen molar-refractivity contribution >= 4 is 132 Å². The van der Waals surface area contributed by atoms with E-state index in [-0.39, 0.29) is 21.7 Å². The van der Waals surface area contributed by atoms with Gasteiger partial charge in [-0.05, 0) is 254 Å². The number of para-hydroxylation sites is 2. The van der Waals surface area contributed by atoms with Crippen LogP contribution in [0.4, 0.5) is 34.5 Å². The zero-order valence-corrected chi connectivity index (χ0v) is 65.5. The Bertz CT molecular complexity index is 6930. The largest absolute Gasteiger partial charge is 0.456 e. The van der Waals surface area contributed by atoms with Crippen molar-refractivity contribution < 1.29 is 17.7 Å². The van der Waals surface area contributed by atoms with E-state index in [9.17, 15) is 0 Å². The van der Waals surface area contributed by atoms with Crippen LogP contribution in [0.15, 0.2) is 333 Å². The number of furan rings is 4. The molecule has 0 saturated carbocycles. The smallest absolute Gasteiger partial charge is 0.213 e. The molecule has 114 heavy (non-hydrogen) atoms. The molecule has 4 aromatic heterocycles. The molecule has 2 aliphatic rings. The first kappa shape index (κ1) is 67.5. The van der Waals surface area contributed by atoms with Gasteiger partial charge >= 0.3 is 0 Å². The van der Waals surface area contributed by atoms with Gasteiger partial charge in [-0.3, -0.25) is 9.80 Å². The average molecular weight is 1470 g/mol. The average Bonchev–Trinajstić information content (AvgIpc) is 1.55. The number of anilines is 6. The van der Waals surface area contributed by atoms with Crippen LogP contribution in [0, 0.1) is 0 Å². The predicted molar refractivity (Wildman–Crippen MR) is 477 cm³/mol. The van der Waals surface area contributed by atoms with Crippen molar-refractivity contribution in [2.45, 2.75) is 90.9 Å². The van der Waals surface area contributed by atoms with Crippen LogP contribution in [-0.2, 0) is 21.7 Å². The molecular formula is C108H82N2O4. The van der Waals surface area contributed by atoms with Gasteiger partial charge in [0.2, 0.25) is 11.8 Å². The van der Waals surface area contributed by atoms with Crippen molar-refractivity contribution in [2.75, 3.05) is 9.80 Å². The number of rotatable bonds is 10. The quantitative estimate of drug-likeness (QED) is 0.136. The summed E-state index contributed by atoms with van der Waals surface area (Å²) in [6, 6.07) is 116. The lowest BCUT2D eigenvalue weighted by Gasteiger charge is -2.26. The first-order valence-electron chi connectivity index (χ1n) is 39.9. The standard InChI is InChI=1S/C108H82N2O4/c1-105(2,3)77-39-31-63(32-40-77)99-87-49-47-86-85(101(87)113-103(99)109(79-43-35-65-51-73(29-27-67(65)53-79)97-61-71-19-11-17-25-95(71)111-97)81-45-37-69-57-89-83-21-13-15-23-91(83)107(7,8)93(89)59-75(69)55-81)48-50-88-100(64-33-41-78(42-34-64)106(4,5)6)104(114-102(86)88)110(80-44-36-66-52-74(30-28-68(66)54-80)98-62-72-20-12-18-26-96(72)112-98)82-46-38-70-58-90-84-22-14-16-24-92(84)108(9,10)94(90)60-76(70)56-82/h11-62H,1-10H3. The van der Waals surface area contributed by atoms with Gasteiger partial charge in [-0.25, -0.2) is 0 Å². The molecule has 0 aliphatic heterocycles. The molecule has 0 atom stereocenters. The summed E-state index contributed by atoms with van der Waals surface area (Å²) in [5.74, 6) is 3.08. The summed E-state index contributed by atoms with van der Waals surface area (Å²) < 4.78 is 28.9. The molecule has 0 fully saturated rings. The molecule has 0 unspecified atom stereocenters. The van der Waals surface area contributed by atoms with E-state index >= 15 is 0 Å². The second kappa shape index (κ2) is 24.5. The minimum absolute atomic E-state index is 0.0803. The van der Waals surface area contributed by atoms with Gasteiger partial charge in [0.1, 0.15) is 33.9 Å². The second-order valence-corrected chi connectivity index (χ2v) is 34.9. The highest BCUT2D eigenvalue weighted by Gasteiger charge is 2.38. The van der Waals surface area contributed by atoms with Crippen LogP contribution in [0.1, 0.15) is 103 Å². The molecule has 16 aromatic carbocycles. The highest BCUT2D eigenvalue weighted by Crippen LogP contribution is 2.57. The normalized spacial score (nSPS) is 13.7. The van der Waals surface area contributed by atoms with Gasteiger partial charge < -0.3 is 17.7 Å². The summed E-state index contributed by atoms with van der Waals surface area (Å²) in [7, 11) is 0. The first-order chi connectivity index (χ1) is 55.2. The van der Waals surface area contributed by atoms with E-state index < -0.39 is 0 Å². The van der Waals surface area contributed by atoms with Gasteiger partial charge in [-0.2, -0.15) is 0 Å². The van der Waals surface area contributed by atoms with Crippen molar-refractivity contribution in [1.29, 1.82) is 0 Å². The van der Waals surface area contributed by atoms with Gasteiger partial charge in [0.05, 0.1) is 11.1 Å². The summed E-state index contributed by atoms with van der Waals surface area (Å²) in [6.45, 7) is 23.1. The van der Waals surface area contributed by atoms with Crippen molar-refractivity contribution in [3.63, 3.8) is 0 Å². The topological polar surface area (TPSA) is 59.0 Å². The van der Waals surface area contributed by atoms with Gasteiger partial charge in [0.25, 0.3) is 0 Å². The van der Waals surface area contributed by atoms with E-state index in [0.29, 0.717) is 11.8 Å². The van der Waals surface area contributed by atoms with E-state index in [0.717, 1.165) is 155 Å². The van der Waals surface area contributed by atoms with Crippen LogP contribution in [0.25, 0.3) is 165 Å².